The van der Waals surface area contributed by atoms with Crippen LogP contribution in [0.4, 0.5) is 5.82 Å². The molecule has 2 rings (SSSR count). The molecule has 0 spiro atoms. The zero-order valence-electron chi connectivity index (χ0n) is 11.6. The molecule has 0 saturated heterocycles. The Kier molecular flexibility index (Phi) is 5.58. The van der Waals surface area contributed by atoms with Crippen LogP contribution in [0.2, 0.25) is 9.36 Å². The lowest BCUT2D eigenvalue weighted by molar-refractivity contribution is -0.120. The lowest BCUT2D eigenvalue weighted by atomic mass is 10.2. The van der Waals surface area contributed by atoms with Crippen LogP contribution < -0.4 is 5.32 Å². The Morgan fingerprint density at radius 3 is 2.71 bits per heavy atom. The zero-order valence-corrected chi connectivity index (χ0v) is 14.0. The maximum Gasteiger partial charge on any atom is 0.242 e. The molecule has 0 bridgehead atoms. The first-order valence-corrected chi connectivity index (χ1v) is 7.90. The largest absolute Gasteiger partial charge is 0.309 e. The lowest BCUT2D eigenvalue weighted by Crippen LogP contribution is -2.39. The number of nitrogens with zero attached hydrogens (tertiary/aromatic N) is 2. The van der Waals surface area contributed by atoms with E-state index in [0.29, 0.717) is 17.4 Å². The summed E-state index contributed by atoms with van der Waals surface area (Å²) in [5.41, 5.74) is 0. The Hall–Kier alpha value is -1.14. The summed E-state index contributed by atoms with van der Waals surface area (Å²) in [6.45, 7) is 2.51. The molecule has 112 valence electrons. The van der Waals surface area contributed by atoms with E-state index in [1.165, 1.54) is 17.5 Å². The quantitative estimate of drug-likeness (QED) is 0.895. The third kappa shape index (κ3) is 4.68. The van der Waals surface area contributed by atoms with Crippen LogP contribution in [0.25, 0.3) is 0 Å². The highest BCUT2D eigenvalue weighted by atomic mass is 35.5. The van der Waals surface area contributed by atoms with Crippen molar-refractivity contribution in [1.29, 1.82) is 0 Å². The van der Waals surface area contributed by atoms with Gasteiger partial charge in [-0.25, -0.2) is 4.98 Å². The summed E-state index contributed by atoms with van der Waals surface area (Å²) in [6, 6.07) is 6.90. The fraction of sp³-hybridized carbons (Fsp3) is 0.286. The van der Waals surface area contributed by atoms with Gasteiger partial charge < -0.3 is 5.32 Å². The fourth-order valence-electron chi connectivity index (χ4n) is 1.70. The molecule has 0 aliphatic heterocycles. The highest BCUT2D eigenvalue weighted by Gasteiger charge is 2.19. The van der Waals surface area contributed by atoms with Crippen molar-refractivity contribution >= 4 is 46.3 Å². The van der Waals surface area contributed by atoms with Gasteiger partial charge in [0.25, 0.3) is 0 Å². The Balaban J connectivity index is 1.93. The van der Waals surface area contributed by atoms with Gasteiger partial charge in [-0.3, -0.25) is 9.69 Å². The van der Waals surface area contributed by atoms with Gasteiger partial charge in [-0.05, 0) is 38.2 Å². The number of nitrogens with one attached hydrogen (secondary N) is 1. The molecule has 2 heterocycles. The minimum atomic E-state index is -0.289. The van der Waals surface area contributed by atoms with Crippen molar-refractivity contribution in [3.05, 3.63) is 44.7 Å². The number of thiophene rings is 1. The topological polar surface area (TPSA) is 45.2 Å². The van der Waals surface area contributed by atoms with Gasteiger partial charge in [-0.2, -0.15) is 0 Å². The van der Waals surface area contributed by atoms with E-state index in [9.17, 15) is 4.79 Å². The molecule has 7 heteroatoms. The first kappa shape index (κ1) is 16.2. The van der Waals surface area contributed by atoms with Crippen LogP contribution in [0.1, 0.15) is 11.8 Å². The van der Waals surface area contributed by atoms with Crippen LogP contribution in [0.3, 0.4) is 0 Å². The number of anilines is 1. The van der Waals surface area contributed by atoms with Gasteiger partial charge in [0.1, 0.15) is 5.82 Å². The smallest absolute Gasteiger partial charge is 0.242 e. The van der Waals surface area contributed by atoms with Crippen LogP contribution in [0.15, 0.2) is 30.5 Å². The average molecular weight is 344 g/mol. The summed E-state index contributed by atoms with van der Waals surface area (Å²) in [7, 11) is 1.90. The molecule has 21 heavy (non-hydrogen) atoms. The minimum Gasteiger partial charge on any atom is -0.309 e. The van der Waals surface area contributed by atoms with E-state index in [1.54, 1.807) is 12.1 Å². The molecule has 1 amide bonds. The Labute approximate surface area is 137 Å². The third-order valence-electron chi connectivity index (χ3n) is 3.05. The van der Waals surface area contributed by atoms with Gasteiger partial charge in [0, 0.05) is 17.6 Å². The molecule has 0 saturated carbocycles. The van der Waals surface area contributed by atoms with E-state index in [0.717, 1.165) is 9.21 Å². The Bertz CT molecular complexity index is 615. The maximum atomic E-state index is 12.2. The van der Waals surface area contributed by atoms with Crippen molar-refractivity contribution in [3.8, 4) is 0 Å². The van der Waals surface area contributed by atoms with Crippen molar-refractivity contribution in [2.45, 2.75) is 19.5 Å². The van der Waals surface area contributed by atoms with Crippen LogP contribution in [-0.4, -0.2) is 28.9 Å². The number of rotatable bonds is 5. The fourth-order valence-corrected chi connectivity index (χ4v) is 2.96. The molecule has 0 fully saturated rings. The second kappa shape index (κ2) is 7.22. The minimum absolute atomic E-state index is 0.116. The SMILES string of the molecule is C[C@H](C(=O)Nc1ccc(Cl)cn1)N(C)Cc1ccc(Cl)s1. The third-order valence-corrected chi connectivity index (χ3v) is 4.49. The summed E-state index contributed by atoms with van der Waals surface area (Å²) in [6.07, 6.45) is 1.50. The molecule has 2 aromatic rings. The zero-order chi connectivity index (χ0) is 15.4. The number of likely N-dealkylation sites (N-methyl/N-ethyl adjacent to an activating group) is 1. The number of aromatic nitrogens is 1. The van der Waals surface area contributed by atoms with Crippen molar-refractivity contribution < 1.29 is 4.79 Å². The monoisotopic (exact) mass is 343 g/mol. The van der Waals surface area contributed by atoms with Crippen molar-refractivity contribution in [2.75, 3.05) is 12.4 Å². The molecular formula is C14H15Cl2N3OS. The summed E-state index contributed by atoms with van der Waals surface area (Å²) in [5.74, 6) is 0.374. The molecule has 1 N–H and O–H groups in total. The van der Waals surface area contributed by atoms with Crippen LogP contribution in [0, 0.1) is 0 Å². The van der Waals surface area contributed by atoms with Gasteiger partial charge in [-0.15, -0.1) is 11.3 Å². The van der Waals surface area contributed by atoms with E-state index >= 15 is 0 Å². The van der Waals surface area contributed by atoms with Gasteiger partial charge in [-0.1, -0.05) is 23.2 Å². The van der Waals surface area contributed by atoms with Crippen molar-refractivity contribution in [1.82, 2.24) is 9.88 Å². The van der Waals surface area contributed by atoms with Crippen molar-refractivity contribution in [3.63, 3.8) is 0 Å². The van der Waals surface area contributed by atoms with E-state index < -0.39 is 0 Å². The van der Waals surface area contributed by atoms with Crippen LogP contribution >= 0.6 is 34.5 Å². The molecular weight excluding hydrogens is 329 g/mol. The Morgan fingerprint density at radius 2 is 2.14 bits per heavy atom. The van der Waals surface area contributed by atoms with Gasteiger partial charge >= 0.3 is 0 Å². The summed E-state index contributed by atoms with van der Waals surface area (Å²) in [5, 5.41) is 3.30. The number of carbonyl (C=O) groups excluding carboxylic acids is 1. The number of hydrogen-bond acceptors (Lipinski definition) is 4. The molecule has 0 aliphatic carbocycles. The molecule has 0 unspecified atom stereocenters. The predicted octanol–water partition coefficient (Wildman–Crippen LogP) is 3.91. The molecule has 0 aromatic carbocycles. The van der Waals surface area contributed by atoms with Crippen LogP contribution in [0.5, 0.6) is 0 Å². The number of amides is 1. The highest BCUT2D eigenvalue weighted by molar-refractivity contribution is 7.16. The average Bonchev–Trinajstić information content (AvgIpc) is 2.85. The molecule has 4 nitrogen and oxygen atoms in total. The first-order chi connectivity index (χ1) is 9.95. The molecule has 0 radical (unpaired) electrons. The normalized spacial score (nSPS) is 12.4. The number of hydrogen-bond donors (Lipinski definition) is 1. The van der Waals surface area contributed by atoms with Gasteiger partial charge in [0.05, 0.1) is 15.4 Å². The predicted molar refractivity (Wildman–Crippen MR) is 88.1 cm³/mol. The second-order valence-corrected chi connectivity index (χ2v) is 6.88. The van der Waals surface area contributed by atoms with Gasteiger partial charge in [0.2, 0.25) is 5.91 Å². The van der Waals surface area contributed by atoms with E-state index in [-0.39, 0.29) is 11.9 Å². The maximum absolute atomic E-state index is 12.2. The summed E-state index contributed by atoms with van der Waals surface area (Å²) < 4.78 is 0.751. The number of carbonyl (C=O) groups is 1. The number of halogens is 2. The molecule has 2 aromatic heterocycles. The van der Waals surface area contributed by atoms with Gasteiger partial charge in [0.15, 0.2) is 0 Å². The standard InChI is InChI=1S/C14H15Cl2N3OS/c1-9(19(2)8-11-4-5-12(16)21-11)14(20)18-13-6-3-10(15)7-17-13/h3-7,9H,8H2,1-2H3,(H,17,18,20)/t9-/m1/s1. The summed E-state index contributed by atoms with van der Waals surface area (Å²) >= 11 is 13.2. The first-order valence-electron chi connectivity index (χ1n) is 6.32. The Morgan fingerprint density at radius 1 is 1.38 bits per heavy atom. The van der Waals surface area contributed by atoms with E-state index in [2.05, 4.69) is 10.3 Å². The van der Waals surface area contributed by atoms with E-state index in [1.807, 2.05) is 31.0 Å². The summed E-state index contributed by atoms with van der Waals surface area (Å²) in [4.78, 5) is 19.3. The molecule has 0 aliphatic rings. The molecule has 1 atom stereocenters. The van der Waals surface area contributed by atoms with Crippen LogP contribution in [-0.2, 0) is 11.3 Å². The van der Waals surface area contributed by atoms with Crippen molar-refractivity contribution in [2.24, 2.45) is 0 Å². The van der Waals surface area contributed by atoms with E-state index in [4.69, 9.17) is 23.2 Å². The lowest BCUT2D eigenvalue weighted by Gasteiger charge is -2.23. The highest BCUT2D eigenvalue weighted by Crippen LogP contribution is 2.23. The number of pyridine rings is 1. The second-order valence-electron chi connectivity index (χ2n) is 4.65.